The molecule has 0 bridgehead atoms. The van der Waals surface area contributed by atoms with Crippen LogP contribution < -0.4 is 14.6 Å². The van der Waals surface area contributed by atoms with Crippen molar-refractivity contribution < 1.29 is 13.2 Å². The molecule has 1 aliphatic carbocycles. The molecule has 2 fully saturated rings. The van der Waals surface area contributed by atoms with Crippen LogP contribution in [0, 0.1) is 6.92 Å². The molecule has 0 amide bonds. The first-order chi connectivity index (χ1) is 16.6. The lowest BCUT2D eigenvalue weighted by atomic mass is 10.1. The minimum absolute atomic E-state index is 0.0195. The molecule has 9 heteroatoms. The molecule has 35 heavy (non-hydrogen) atoms. The van der Waals surface area contributed by atoms with Crippen LogP contribution in [0.5, 0.6) is 5.75 Å². The molecule has 2 aromatic carbocycles. The molecule has 1 atom stereocenters. The molecule has 1 aliphatic heterocycles. The average Bonchev–Trinajstić information content (AvgIpc) is 3.50. The molecular weight excluding hydrogens is 464 g/mol. The van der Waals surface area contributed by atoms with Gasteiger partial charge in [-0.1, -0.05) is 6.07 Å². The van der Waals surface area contributed by atoms with Crippen molar-refractivity contribution >= 4 is 26.6 Å². The number of fused-ring (bicyclic) bond motifs is 1. The van der Waals surface area contributed by atoms with E-state index in [9.17, 15) is 13.2 Å². The summed E-state index contributed by atoms with van der Waals surface area (Å²) in [7, 11) is -3.43. The number of sulfonamides is 1. The number of nitrogens with zero attached hydrogens (tertiary/aromatic N) is 4. The van der Waals surface area contributed by atoms with Crippen LogP contribution in [0.25, 0.3) is 16.6 Å². The van der Waals surface area contributed by atoms with Gasteiger partial charge in [-0.2, -0.15) is 0 Å². The van der Waals surface area contributed by atoms with Crippen molar-refractivity contribution in [1.82, 2.24) is 14.5 Å². The molecule has 0 N–H and O–H groups in total. The zero-order valence-electron chi connectivity index (χ0n) is 20.6. The molecule has 1 aromatic heterocycles. The summed E-state index contributed by atoms with van der Waals surface area (Å²) in [5, 5.41) is 0.468. The number of anilines is 1. The minimum atomic E-state index is -3.43. The summed E-state index contributed by atoms with van der Waals surface area (Å²) < 4.78 is 34.1. The smallest absolute Gasteiger partial charge is 0.265 e. The Morgan fingerprint density at radius 3 is 2.54 bits per heavy atom. The van der Waals surface area contributed by atoms with Crippen LogP contribution >= 0.6 is 0 Å². The average molecular weight is 497 g/mol. The Morgan fingerprint density at radius 2 is 1.89 bits per heavy atom. The molecule has 8 nitrogen and oxygen atoms in total. The van der Waals surface area contributed by atoms with Gasteiger partial charge in [0.2, 0.25) is 10.0 Å². The van der Waals surface area contributed by atoms with Crippen molar-refractivity contribution in [3.05, 3.63) is 58.6 Å². The second-order valence-electron chi connectivity index (χ2n) is 9.98. The fourth-order valence-corrected chi connectivity index (χ4v) is 6.08. The number of ether oxygens (including phenoxy) is 1. The highest BCUT2D eigenvalue weighted by Gasteiger charge is 2.35. The van der Waals surface area contributed by atoms with Crippen molar-refractivity contribution in [2.45, 2.75) is 58.2 Å². The van der Waals surface area contributed by atoms with Gasteiger partial charge in [0.25, 0.3) is 5.56 Å². The Balaban J connectivity index is 1.50. The Kier molecular flexibility index (Phi) is 6.09. The molecule has 186 valence electrons. The van der Waals surface area contributed by atoms with Crippen LogP contribution in [0.3, 0.4) is 0 Å². The van der Waals surface area contributed by atoms with Crippen molar-refractivity contribution in [3.8, 4) is 11.4 Å². The van der Waals surface area contributed by atoms with Crippen LogP contribution in [0.1, 0.15) is 38.7 Å². The first-order valence-electron chi connectivity index (χ1n) is 12.1. The van der Waals surface area contributed by atoms with Gasteiger partial charge in [-0.25, -0.2) is 13.4 Å². The minimum Gasteiger partial charge on any atom is -0.489 e. The van der Waals surface area contributed by atoms with Gasteiger partial charge in [0.1, 0.15) is 18.2 Å². The lowest BCUT2D eigenvalue weighted by Crippen LogP contribution is -2.32. The summed E-state index contributed by atoms with van der Waals surface area (Å²) in [5.74, 6) is 0.659. The highest BCUT2D eigenvalue weighted by atomic mass is 32.2. The topological polar surface area (TPSA) is 84.7 Å². The summed E-state index contributed by atoms with van der Waals surface area (Å²) >= 11 is 0. The SMILES string of the molecule is Cc1ccc(N(C2CC2)S(C)(=O)=O)cc1-n1cnc2ccc(O[C@H]3CCN(C(C)C)C3)cc2c1=O. The lowest BCUT2D eigenvalue weighted by Gasteiger charge is -2.23. The summed E-state index contributed by atoms with van der Waals surface area (Å²) in [6, 6.07) is 11.3. The molecule has 0 unspecified atom stereocenters. The van der Waals surface area contributed by atoms with E-state index in [0.29, 0.717) is 34.1 Å². The van der Waals surface area contributed by atoms with Crippen molar-refractivity contribution in [2.75, 3.05) is 23.7 Å². The molecule has 3 aromatic rings. The van der Waals surface area contributed by atoms with E-state index in [2.05, 4.69) is 23.7 Å². The van der Waals surface area contributed by atoms with Crippen LogP contribution in [0.4, 0.5) is 5.69 Å². The van der Waals surface area contributed by atoms with Crippen LogP contribution in [-0.4, -0.2) is 60.4 Å². The zero-order valence-corrected chi connectivity index (χ0v) is 21.5. The second kappa shape index (κ2) is 8.95. The van der Waals surface area contributed by atoms with E-state index < -0.39 is 10.0 Å². The van der Waals surface area contributed by atoms with Crippen LogP contribution in [0.2, 0.25) is 0 Å². The Hall–Kier alpha value is -2.91. The third-order valence-electron chi connectivity index (χ3n) is 6.88. The van der Waals surface area contributed by atoms with Gasteiger partial charge < -0.3 is 4.74 Å². The highest BCUT2D eigenvalue weighted by molar-refractivity contribution is 7.92. The Bertz CT molecular complexity index is 1430. The monoisotopic (exact) mass is 496 g/mol. The Morgan fingerprint density at radius 1 is 1.11 bits per heavy atom. The molecular formula is C26H32N4O4S. The van der Waals surface area contributed by atoms with E-state index in [1.807, 2.05) is 25.1 Å². The fraction of sp³-hybridized carbons (Fsp3) is 0.462. The van der Waals surface area contributed by atoms with E-state index in [-0.39, 0.29) is 17.7 Å². The maximum atomic E-state index is 13.6. The largest absolute Gasteiger partial charge is 0.489 e. The van der Waals surface area contributed by atoms with Crippen molar-refractivity contribution in [1.29, 1.82) is 0 Å². The summed E-state index contributed by atoms with van der Waals surface area (Å²) in [6.07, 6.45) is 5.46. The predicted octanol–water partition coefficient (Wildman–Crippen LogP) is 3.48. The molecule has 2 heterocycles. The van der Waals surface area contributed by atoms with E-state index in [1.165, 1.54) is 21.5 Å². The molecule has 0 spiro atoms. The van der Waals surface area contributed by atoms with Gasteiger partial charge in [-0.3, -0.25) is 18.6 Å². The van der Waals surface area contributed by atoms with E-state index in [4.69, 9.17) is 4.74 Å². The summed E-state index contributed by atoms with van der Waals surface area (Å²) in [6.45, 7) is 8.15. The molecule has 2 aliphatic rings. The lowest BCUT2D eigenvalue weighted by molar-refractivity contribution is 0.187. The first kappa shape index (κ1) is 23.8. The number of rotatable bonds is 7. The number of hydrogen-bond donors (Lipinski definition) is 0. The normalized spacial score (nSPS) is 18.9. The number of hydrogen-bond acceptors (Lipinski definition) is 6. The fourth-order valence-electron chi connectivity index (χ4n) is 4.83. The molecule has 5 rings (SSSR count). The van der Waals surface area contributed by atoms with Crippen molar-refractivity contribution in [3.63, 3.8) is 0 Å². The molecule has 1 saturated heterocycles. The summed E-state index contributed by atoms with van der Waals surface area (Å²) in [4.78, 5) is 20.5. The number of aromatic nitrogens is 2. The Labute approximate surface area is 206 Å². The maximum absolute atomic E-state index is 13.6. The van der Waals surface area contributed by atoms with Gasteiger partial charge in [-0.15, -0.1) is 0 Å². The molecule has 1 saturated carbocycles. The van der Waals surface area contributed by atoms with E-state index >= 15 is 0 Å². The van der Waals surface area contributed by atoms with Crippen molar-refractivity contribution in [2.24, 2.45) is 0 Å². The predicted molar refractivity (Wildman–Crippen MR) is 138 cm³/mol. The van der Waals surface area contributed by atoms with Crippen LogP contribution in [0.15, 0.2) is 47.5 Å². The van der Waals surface area contributed by atoms with Gasteiger partial charge in [0, 0.05) is 25.2 Å². The van der Waals surface area contributed by atoms with E-state index in [0.717, 1.165) is 37.9 Å². The van der Waals surface area contributed by atoms with Gasteiger partial charge in [-0.05, 0) is 75.9 Å². The van der Waals surface area contributed by atoms with Gasteiger partial charge >= 0.3 is 0 Å². The third kappa shape index (κ3) is 4.79. The van der Waals surface area contributed by atoms with E-state index in [1.54, 1.807) is 18.2 Å². The third-order valence-corrected chi connectivity index (χ3v) is 8.11. The maximum Gasteiger partial charge on any atom is 0.265 e. The number of aryl methyl sites for hydroxylation is 1. The standard InChI is InChI=1S/C26H32N4O4S/c1-17(2)28-12-11-22(15-28)34-21-9-10-24-23(14-21)26(31)29(16-27-24)25-13-20(6-5-18(25)3)30(19-7-8-19)35(4,32)33/h5-6,9-10,13-14,16-17,19,22H,7-8,11-12,15H2,1-4H3/t22-/m0/s1. The molecule has 0 radical (unpaired) electrons. The zero-order chi connectivity index (χ0) is 24.9. The van der Waals surface area contributed by atoms with Gasteiger partial charge in [0.15, 0.2) is 0 Å². The number of likely N-dealkylation sites (tertiary alicyclic amines) is 1. The van der Waals surface area contributed by atoms with Crippen LogP contribution in [-0.2, 0) is 10.0 Å². The quantitative estimate of drug-likeness (QED) is 0.498. The first-order valence-corrected chi connectivity index (χ1v) is 14.0. The highest BCUT2D eigenvalue weighted by Crippen LogP contribution is 2.35. The second-order valence-corrected chi connectivity index (χ2v) is 11.8. The van der Waals surface area contributed by atoms with Gasteiger partial charge in [0.05, 0.1) is 28.5 Å². The summed E-state index contributed by atoms with van der Waals surface area (Å²) in [5.41, 5.74) is 2.42. The number of benzene rings is 2.